The number of aliphatic imine (C=N–C) groups is 1. The number of aromatic amines is 1. The number of carbonyl (C=O) groups is 1. The molecule has 0 saturated carbocycles. The van der Waals surface area contributed by atoms with Gasteiger partial charge in [0, 0.05) is 5.56 Å². The molecule has 1 aliphatic rings. The minimum atomic E-state index is -0.843. The van der Waals surface area contributed by atoms with Crippen LogP contribution in [0.15, 0.2) is 57.7 Å². The van der Waals surface area contributed by atoms with E-state index in [0.717, 1.165) is 40.7 Å². The molecule has 1 amide bonds. The fourth-order valence-corrected chi connectivity index (χ4v) is 3.31. The lowest BCUT2D eigenvalue weighted by molar-refractivity contribution is -0.113. The highest BCUT2D eigenvalue weighted by Crippen LogP contribution is 2.20. The van der Waals surface area contributed by atoms with Gasteiger partial charge in [0.2, 0.25) is 17.0 Å². The highest BCUT2D eigenvalue weighted by atomic mass is 32.2. The maximum Gasteiger partial charge on any atom is 0.240 e. The number of benzene rings is 2. The highest BCUT2D eigenvalue weighted by molar-refractivity contribution is 7.99. The van der Waals surface area contributed by atoms with E-state index in [2.05, 4.69) is 36.0 Å². The average molecular weight is 427 g/mol. The van der Waals surface area contributed by atoms with Crippen LogP contribution in [0.1, 0.15) is 11.1 Å². The molecule has 0 spiro atoms. The minimum absolute atomic E-state index is 0.123. The fourth-order valence-electron chi connectivity index (χ4n) is 2.71. The zero-order valence-corrected chi connectivity index (χ0v) is 16.2. The van der Waals surface area contributed by atoms with E-state index in [1.165, 1.54) is 6.07 Å². The smallest absolute Gasteiger partial charge is 0.240 e. The molecule has 0 saturated heterocycles. The number of halogens is 2. The van der Waals surface area contributed by atoms with Crippen LogP contribution >= 0.6 is 11.8 Å². The Kier molecular flexibility index (Phi) is 5.80. The molecule has 0 atom stereocenters. The Morgan fingerprint density at radius 2 is 2.00 bits per heavy atom. The first-order valence-corrected chi connectivity index (χ1v) is 9.79. The summed E-state index contributed by atoms with van der Waals surface area (Å²) in [6.07, 6.45) is 1.59. The van der Waals surface area contributed by atoms with E-state index >= 15 is 0 Å². The van der Waals surface area contributed by atoms with E-state index in [0.29, 0.717) is 6.54 Å². The lowest BCUT2D eigenvalue weighted by Crippen LogP contribution is -2.16. The molecule has 2 aromatic carbocycles. The van der Waals surface area contributed by atoms with Crippen molar-refractivity contribution in [2.45, 2.75) is 11.7 Å². The van der Waals surface area contributed by atoms with Gasteiger partial charge in [-0.15, -0.1) is 5.10 Å². The van der Waals surface area contributed by atoms with E-state index in [9.17, 15) is 13.6 Å². The van der Waals surface area contributed by atoms with Crippen LogP contribution in [0.5, 0.6) is 0 Å². The number of rotatable bonds is 7. The van der Waals surface area contributed by atoms with Crippen LogP contribution in [0, 0.1) is 11.6 Å². The monoisotopic (exact) mass is 427 g/mol. The number of fused-ring (bicyclic) bond motifs is 1. The summed E-state index contributed by atoms with van der Waals surface area (Å²) in [6, 6.07) is 11.3. The van der Waals surface area contributed by atoms with Crippen LogP contribution in [0.4, 0.5) is 20.4 Å². The summed E-state index contributed by atoms with van der Waals surface area (Å²) in [5, 5.41) is 13.2. The molecule has 1 aromatic heterocycles. The number of nitrogens with zero attached hydrogens (tertiary/aromatic N) is 4. The molecule has 4 rings (SSSR count). The van der Waals surface area contributed by atoms with Gasteiger partial charge in [0.25, 0.3) is 0 Å². The summed E-state index contributed by atoms with van der Waals surface area (Å²) in [4.78, 5) is 20.5. The number of aromatic nitrogens is 3. The number of carbonyl (C=O) groups excluding carboxylic acids is 1. The third-order valence-electron chi connectivity index (χ3n) is 4.09. The largest absolute Gasteiger partial charge is 0.320 e. The molecule has 3 N–H and O–H groups in total. The van der Waals surface area contributed by atoms with Gasteiger partial charge in [-0.1, -0.05) is 42.1 Å². The molecule has 0 radical (unpaired) electrons. The second kappa shape index (κ2) is 8.82. The van der Waals surface area contributed by atoms with E-state index in [1.807, 2.05) is 24.3 Å². The quantitative estimate of drug-likeness (QED) is 0.305. The second-order valence-corrected chi connectivity index (χ2v) is 7.07. The zero-order chi connectivity index (χ0) is 20.9. The maximum absolute atomic E-state index is 13.6. The minimum Gasteiger partial charge on any atom is -0.320 e. The van der Waals surface area contributed by atoms with Crippen molar-refractivity contribution < 1.29 is 13.6 Å². The van der Waals surface area contributed by atoms with Crippen LogP contribution in [-0.4, -0.2) is 38.8 Å². The average Bonchev–Trinajstić information content (AvgIpc) is 3.37. The number of H-pyrrole nitrogens is 1. The molecule has 2 heterocycles. The summed E-state index contributed by atoms with van der Waals surface area (Å²) in [7, 11) is 0. The molecule has 0 fully saturated rings. The van der Waals surface area contributed by atoms with Crippen molar-refractivity contribution in [1.29, 1.82) is 0 Å². The Labute approximate surface area is 173 Å². The van der Waals surface area contributed by atoms with Crippen LogP contribution in [-0.2, 0) is 11.3 Å². The highest BCUT2D eigenvalue weighted by Gasteiger charge is 2.14. The van der Waals surface area contributed by atoms with Crippen LogP contribution in [0.25, 0.3) is 0 Å². The lowest BCUT2D eigenvalue weighted by atomic mass is 10.1. The summed E-state index contributed by atoms with van der Waals surface area (Å²) >= 11 is 1.00. The fraction of sp³-hybridized carbons (Fsp3) is 0.105. The number of para-hydroxylation sites is 1. The summed E-state index contributed by atoms with van der Waals surface area (Å²) in [6.45, 7) is 0.624. The van der Waals surface area contributed by atoms with Crippen molar-refractivity contribution in [3.05, 3.63) is 65.2 Å². The van der Waals surface area contributed by atoms with E-state index in [4.69, 9.17) is 0 Å². The Balaban J connectivity index is 1.28. The molecule has 0 bridgehead atoms. The summed E-state index contributed by atoms with van der Waals surface area (Å²) in [5.41, 5.74) is 5.18. The van der Waals surface area contributed by atoms with Crippen molar-refractivity contribution in [3.8, 4) is 0 Å². The van der Waals surface area contributed by atoms with Gasteiger partial charge in [-0.25, -0.2) is 19.3 Å². The number of hydrogen-bond donors (Lipinski definition) is 3. The topological polar surface area (TPSA) is 107 Å². The number of hydrazone groups is 1. The Morgan fingerprint density at radius 1 is 1.20 bits per heavy atom. The van der Waals surface area contributed by atoms with Crippen molar-refractivity contribution in [2.75, 3.05) is 16.5 Å². The first kappa shape index (κ1) is 19.7. The number of anilines is 2. The van der Waals surface area contributed by atoms with Crippen molar-refractivity contribution in [1.82, 2.24) is 15.2 Å². The molecule has 30 heavy (non-hydrogen) atoms. The second-order valence-electron chi connectivity index (χ2n) is 6.13. The zero-order valence-electron chi connectivity index (χ0n) is 15.4. The molecule has 8 nitrogen and oxygen atoms in total. The van der Waals surface area contributed by atoms with Gasteiger partial charge in [-0.2, -0.15) is 10.1 Å². The van der Waals surface area contributed by atoms with Gasteiger partial charge in [0.15, 0.2) is 0 Å². The van der Waals surface area contributed by atoms with Crippen molar-refractivity contribution in [2.24, 2.45) is 10.1 Å². The number of hydrogen-bond acceptors (Lipinski definition) is 7. The predicted octanol–water partition coefficient (Wildman–Crippen LogP) is 3.21. The number of nitrogens with one attached hydrogen (secondary N) is 3. The van der Waals surface area contributed by atoms with E-state index < -0.39 is 23.2 Å². The van der Waals surface area contributed by atoms with Gasteiger partial charge in [0.05, 0.1) is 24.2 Å². The van der Waals surface area contributed by atoms with Gasteiger partial charge >= 0.3 is 0 Å². The third-order valence-corrected chi connectivity index (χ3v) is 4.94. The first-order chi connectivity index (χ1) is 14.6. The lowest BCUT2D eigenvalue weighted by Gasteiger charge is -2.06. The number of thioether (sulfide) groups is 1. The molecular weight excluding hydrogens is 412 g/mol. The Morgan fingerprint density at radius 3 is 2.83 bits per heavy atom. The van der Waals surface area contributed by atoms with Crippen LogP contribution in [0.2, 0.25) is 0 Å². The van der Waals surface area contributed by atoms with Gasteiger partial charge in [0.1, 0.15) is 17.3 Å². The first-order valence-electron chi connectivity index (χ1n) is 8.81. The Hall–Kier alpha value is -3.60. The van der Waals surface area contributed by atoms with Gasteiger partial charge in [-0.05, 0) is 17.7 Å². The van der Waals surface area contributed by atoms with Crippen LogP contribution < -0.4 is 10.7 Å². The molecule has 0 unspecified atom stereocenters. The van der Waals surface area contributed by atoms with E-state index in [-0.39, 0.29) is 16.9 Å². The van der Waals surface area contributed by atoms with Crippen molar-refractivity contribution >= 4 is 41.2 Å². The van der Waals surface area contributed by atoms with Crippen molar-refractivity contribution in [3.63, 3.8) is 0 Å². The molecule has 0 aliphatic carbocycles. The van der Waals surface area contributed by atoms with Gasteiger partial charge < -0.3 is 5.32 Å². The van der Waals surface area contributed by atoms with Gasteiger partial charge in [-0.3, -0.25) is 9.79 Å². The number of amides is 1. The molecule has 3 aromatic rings. The SMILES string of the molecule is O=C(CSc1n[nH]c(N/N=C/C2=NCc3ccccc32)n1)Nc1c(F)cccc1F. The summed E-state index contributed by atoms with van der Waals surface area (Å²) in [5.74, 6) is -2.11. The standard InChI is InChI=1S/C19H15F2N7OS/c20-13-6-3-7-14(21)17(13)24-16(29)10-30-19-25-18(27-28-19)26-23-9-15-12-5-2-1-4-11(12)8-22-15/h1-7,9H,8,10H2,(H,24,29)(H2,25,26,27,28)/b23-9+. The normalized spacial score (nSPS) is 12.7. The predicted molar refractivity (Wildman–Crippen MR) is 111 cm³/mol. The molecular formula is C19H15F2N7OS. The molecule has 152 valence electrons. The molecule has 11 heteroatoms. The summed E-state index contributed by atoms with van der Waals surface area (Å²) < 4.78 is 27.1. The van der Waals surface area contributed by atoms with E-state index in [1.54, 1.807) is 6.21 Å². The Bertz CT molecular complexity index is 1130. The third kappa shape index (κ3) is 4.51. The molecule has 1 aliphatic heterocycles. The maximum atomic E-state index is 13.6. The van der Waals surface area contributed by atoms with Crippen LogP contribution in [0.3, 0.4) is 0 Å².